The molecule has 0 radical (unpaired) electrons. The molecule has 2 N–H and O–H groups in total. The van der Waals surface area contributed by atoms with Crippen LogP contribution in [0.15, 0.2) is 36.4 Å². The number of nitro groups is 1. The van der Waals surface area contributed by atoms with Crippen molar-refractivity contribution < 1.29 is 24.3 Å². The number of carboxylic acids is 1. The van der Waals surface area contributed by atoms with Crippen molar-refractivity contribution in [1.82, 2.24) is 5.32 Å². The van der Waals surface area contributed by atoms with Crippen molar-refractivity contribution in [2.45, 2.75) is 24.9 Å². The van der Waals surface area contributed by atoms with Gasteiger partial charge in [-0.2, -0.15) is 0 Å². The minimum absolute atomic E-state index is 0.0844. The number of nitrogens with zero attached hydrogens (tertiary/aromatic N) is 1. The average Bonchev–Trinajstić information content (AvgIpc) is 3.16. The van der Waals surface area contributed by atoms with Crippen LogP contribution in [0.4, 0.5) is 5.69 Å². The Kier molecular flexibility index (Phi) is 6.05. The molecular formula is C19H20N2O6S. The van der Waals surface area contributed by atoms with Crippen molar-refractivity contribution in [3.63, 3.8) is 0 Å². The van der Waals surface area contributed by atoms with Gasteiger partial charge < -0.3 is 14.6 Å². The highest BCUT2D eigenvalue weighted by Crippen LogP contribution is 2.36. The number of carbonyl (C=O) groups is 1. The quantitative estimate of drug-likeness (QED) is 0.534. The smallest absolute Gasteiger partial charge is 0.321 e. The van der Waals surface area contributed by atoms with Crippen molar-refractivity contribution in [2.75, 3.05) is 12.9 Å². The van der Waals surface area contributed by atoms with E-state index in [0.29, 0.717) is 11.5 Å². The molecule has 2 unspecified atom stereocenters. The second kappa shape index (κ2) is 8.49. The van der Waals surface area contributed by atoms with Crippen molar-refractivity contribution in [3.8, 4) is 11.5 Å². The first-order valence-corrected chi connectivity index (χ1v) is 9.59. The molecule has 1 saturated heterocycles. The summed E-state index contributed by atoms with van der Waals surface area (Å²) in [7, 11) is 1.54. The van der Waals surface area contributed by atoms with E-state index < -0.39 is 16.9 Å². The van der Waals surface area contributed by atoms with Crippen molar-refractivity contribution >= 4 is 23.4 Å². The van der Waals surface area contributed by atoms with Crippen molar-refractivity contribution in [2.24, 2.45) is 0 Å². The summed E-state index contributed by atoms with van der Waals surface area (Å²) in [5.41, 5.74) is 2.37. The van der Waals surface area contributed by atoms with Gasteiger partial charge in [0.25, 0.3) is 0 Å². The molecule has 0 bridgehead atoms. The second-order valence-electron chi connectivity index (χ2n) is 6.36. The van der Waals surface area contributed by atoms with Gasteiger partial charge in [-0.25, -0.2) is 0 Å². The lowest BCUT2D eigenvalue weighted by Gasteiger charge is -2.16. The number of benzene rings is 2. The molecule has 1 aliphatic rings. The fourth-order valence-corrected chi connectivity index (χ4v) is 4.15. The largest absolute Gasteiger partial charge is 0.496 e. The third-order valence-corrected chi connectivity index (χ3v) is 5.65. The van der Waals surface area contributed by atoms with Crippen LogP contribution < -0.4 is 14.8 Å². The van der Waals surface area contributed by atoms with Crippen LogP contribution in [0.1, 0.15) is 22.1 Å². The number of thioether (sulfide) groups is 1. The lowest BCUT2D eigenvalue weighted by atomic mass is 10.1. The summed E-state index contributed by atoms with van der Waals surface area (Å²) >= 11 is 1.51. The molecule has 2 aromatic rings. The minimum atomic E-state index is -0.876. The lowest BCUT2D eigenvalue weighted by Crippen LogP contribution is -2.33. The van der Waals surface area contributed by atoms with E-state index in [1.165, 1.54) is 24.9 Å². The predicted molar refractivity (Wildman–Crippen MR) is 105 cm³/mol. The Hall–Kier alpha value is -2.78. The third kappa shape index (κ3) is 4.37. The lowest BCUT2D eigenvalue weighted by molar-refractivity contribution is -0.386. The number of aryl methyl sites for hydroxylation is 1. The first kappa shape index (κ1) is 20.0. The van der Waals surface area contributed by atoms with Gasteiger partial charge in [-0.05, 0) is 36.2 Å². The van der Waals surface area contributed by atoms with Crippen LogP contribution in [-0.4, -0.2) is 34.9 Å². The summed E-state index contributed by atoms with van der Waals surface area (Å²) in [4.78, 5) is 21.9. The first-order chi connectivity index (χ1) is 13.4. The number of hydrogen-bond acceptors (Lipinski definition) is 7. The molecule has 0 amide bonds. The molecule has 8 nitrogen and oxygen atoms in total. The zero-order valence-electron chi connectivity index (χ0n) is 15.4. The van der Waals surface area contributed by atoms with E-state index in [4.69, 9.17) is 14.6 Å². The monoisotopic (exact) mass is 404 g/mol. The van der Waals surface area contributed by atoms with Crippen LogP contribution in [0.5, 0.6) is 11.5 Å². The molecule has 0 saturated carbocycles. The van der Waals surface area contributed by atoms with Crippen LogP contribution in [-0.2, 0) is 11.4 Å². The Balaban J connectivity index is 1.81. The van der Waals surface area contributed by atoms with Gasteiger partial charge in [-0.3, -0.25) is 20.2 Å². The van der Waals surface area contributed by atoms with E-state index in [1.54, 1.807) is 18.2 Å². The number of aliphatic carboxylic acids is 1. The Morgan fingerprint density at radius 2 is 2.11 bits per heavy atom. The Morgan fingerprint density at radius 3 is 2.75 bits per heavy atom. The molecule has 0 aromatic heterocycles. The summed E-state index contributed by atoms with van der Waals surface area (Å²) in [6, 6.07) is 9.64. The van der Waals surface area contributed by atoms with Crippen molar-refractivity contribution in [1.29, 1.82) is 0 Å². The Bertz CT molecular complexity index is 904. The fourth-order valence-electron chi connectivity index (χ4n) is 2.92. The number of carboxylic acid groups (broad SMARTS) is 1. The summed E-state index contributed by atoms with van der Waals surface area (Å²) in [6.07, 6.45) is 0. The van der Waals surface area contributed by atoms with E-state index in [0.717, 1.165) is 16.7 Å². The maximum absolute atomic E-state index is 11.2. The number of nitrogens with one attached hydrogen (secondary N) is 1. The van der Waals surface area contributed by atoms with E-state index in [-0.39, 0.29) is 23.4 Å². The third-order valence-electron chi connectivity index (χ3n) is 4.38. The van der Waals surface area contributed by atoms with Gasteiger partial charge in [-0.15, -0.1) is 11.8 Å². The highest BCUT2D eigenvalue weighted by atomic mass is 32.2. The molecular weight excluding hydrogens is 384 g/mol. The van der Waals surface area contributed by atoms with E-state index >= 15 is 0 Å². The van der Waals surface area contributed by atoms with E-state index in [2.05, 4.69) is 5.32 Å². The van der Waals surface area contributed by atoms with Gasteiger partial charge in [0.1, 0.15) is 18.4 Å². The standard InChI is InChI=1S/C19H20N2O6S/c1-11-3-5-15(21(24)25)17(7-11)27-9-13-8-12(4-6-16(13)26-2)18-20-14(10-28-18)19(22)23/h3-8,14,18,20H,9-10H2,1-2H3,(H,22,23). The van der Waals surface area contributed by atoms with Crippen LogP contribution >= 0.6 is 11.8 Å². The van der Waals surface area contributed by atoms with Crippen LogP contribution in [0.3, 0.4) is 0 Å². The number of hydrogen-bond donors (Lipinski definition) is 2. The molecule has 2 atom stereocenters. The molecule has 1 fully saturated rings. The first-order valence-electron chi connectivity index (χ1n) is 8.54. The molecule has 9 heteroatoms. The fraction of sp³-hybridized carbons (Fsp3) is 0.316. The van der Waals surface area contributed by atoms with Crippen molar-refractivity contribution in [3.05, 3.63) is 63.2 Å². The van der Waals surface area contributed by atoms with Gasteiger partial charge in [0.05, 0.1) is 17.4 Å². The SMILES string of the molecule is COc1ccc(C2NC(C(=O)O)CS2)cc1COc1cc(C)ccc1[N+](=O)[O-]. The number of nitro benzene ring substituents is 1. The highest BCUT2D eigenvalue weighted by molar-refractivity contribution is 7.99. The second-order valence-corrected chi connectivity index (χ2v) is 7.50. The minimum Gasteiger partial charge on any atom is -0.496 e. The topological polar surface area (TPSA) is 111 Å². The van der Waals surface area contributed by atoms with Gasteiger partial charge in [0.2, 0.25) is 0 Å². The molecule has 148 valence electrons. The molecule has 28 heavy (non-hydrogen) atoms. The zero-order valence-corrected chi connectivity index (χ0v) is 16.2. The summed E-state index contributed by atoms with van der Waals surface area (Å²) in [6.45, 7) is 1.92. The van der Waals surface area contributed by atoms with Crippen LogP contribution in [0.2, 0.25) is 0 Å². The van der Waals surface area contributed by atoms with Crippen LogP contribution in [0.25, 0.3) is 0 Å². The molecule has 0 aliphatic carbocycles. The Labute approximate surface area is 166 Å². The maximum Gasteiger partial charge on any atom is 0.321 e. The van der Waals surface area contributed by atoms with E-state index in [9.17, 15) is 14.9 Å². The molecule has 2 aromatic carbocycles. The molecule has 1 heterocycles. The summed E-state index contributed by atoms with van der Waals surface area (Å²) in [5.74, 6) is 0.389. The van der Waals surface area contributed by atoms with Gasteiger partial charge in [0, 0.05) is 17.4 Å². The summed E-state index contributed by atoms with van der Waals surface area (Å²) < 4.78 is 11.1. The predicted octanol–water partition coefficient (Wildman–Crippen LogP) is 3.28. The number of ether oxygens (including phenoxy) is 2. The van der Waals surface area contributed by atoms with E-state index in [1.807, 2.05) is 19.1 Å². The molecule has 1 aliphatic heterocycles. The molecule has 3 rings (SSSR count). The summed E-state index contributed by atoms with van der Waals surface area (Å²) in [5, 5.41) is 23.3. The van der Waals surface area contributed by atoms with Gasteiger partial charge in [0.15, 0.2) is 5.75 Å². The zero-order chi connectivity index (χ0) is 20.3. The highest BCUT2D eigenvalue weighted by Gasteiger charge is 2.30. The molecule has 0 spiro atoms. The normalized spacial score (nSPS) is 18.6. The average molecular weight is 404 g/mol. The Morgan fingerprint density at radius 1 is 1.32 bits per heavy atom. The van der Waals surface area contributed by atoms with Crippen LogP contribution in [0, 0.1) is 17.0 Å². The van der Waals surface area contributed by atoms with Gasteiger partial charge >= 0.3 is 11.7 Å². The van der Waals surface area contributed by atoms with Gasteiger partial charge in [-0.1, -0.05) is 12.1 Å². The number of rotatable bonds is 7. The maximum atomic E-state index is 11.2. The number of methoxy groups -OCH3 is 1.